The number of ether oxygens (including phenoxy) is 2. The SMILES string of the molecule is CCCCCCCC/C=C\CCCCCCCC(=O)OC(COCCCCCCCC/C=C\CCCCCCCCC)COP(=O)(O)OCC(N)C(=O)O. The summed E-state index contributed by atoms with van der Waals surface area (Å²) in [5.41, 5.74) is 5.35. The molecular weight excluding hydrogens is 705 g/mol. The molecule has 0 aliphatic heterocycles. The molecule has 0 saturated carbocycles. The van der Waals surface area contributed by atoms with Crippen LogP contribution in [-0.4, -0.2) is 60.5 Å². The van der Waals surface area contributed by atoms with Crippen LogP contribution in [0.3, 0.4) is 0 Å². The Kier molecular flexibility index (Phi) is 38.5. The van der Waals surface area contributed by atoms with Gasteiger partial charge in [0.05, 0.1) is 19.8 Å². The second-order valence-electron chi connectivity index (χ2n) is 14.8. The topological polar surface area (TPSA) is 155 Å². The Morgan fingerprint density at radius 2 is 0.963 bits per heavy atom. The van der Waals surface area contributed by atoms with Crippen molar-refractivity contribution in [3.63, 3.8) is 0 Å². The molecule has 0 amide bonds. The summed E-state index contributed by atoms with van der Waals surface area (Å²) in [4.78, 5) is 33.5. The van der Waals surface area contributed by atoms with Gasteiger partial charge in [-0.1, -0.05) is 154 Å². The predicted molar refractivity (Wildman–Crippen MR) is 222 cm³/mol. The molecule has 0 rings (SSSR count). The maximum Gasteiger partial charge on any atom is 0.472 e. The molecule has 0 aromatic rings. The maximum atomic E-state index is 12.6. The van der Waals surface area contributed by atoms with Crippen molar-refractivity contribution in [1.29, 1.82) is 0 Å². The van der Waals surface area contributed by atoms with E-state index in [1.165, 1.54) is 116 Å². The molecule has 0 aromatic carbocycles. The third kappa shape index (κ3) is 38.7. The van der Waals surface area contributed by atoms with Gasteiger partial charge >= 0.3 is 19.8 Å². The van der Waals surface area contributed by atoms with Crippen molar-refractivity contribution in [1.82, 2.24) is 0 Å². The van der Waals surface area contributed by atoms with Crippen molar-refractivity contribution in [2.24, 2.45) is 5.73 Å². The van der Waals surface area contributed by atoms with Gasteiger partial charge in [-0.05, 0) is 64.2 Å². The van der Waals surface area contributed by atoms with Gasteiger partial charge in [0, 0.05) is 13.0 Å². The van der Waals surface area contributed by atoms with Crippen LogP contribution in [0.2, 0.25) is 0 Å². The average molecular weight is 788 g/mol. The molecule has 3 unspecified atom stereocenters. The second kappa shape index (κ2) is 39.7. The standard InChI is InChI=1S/C43H82NO9P/c1-3-5-7-9-11-13-15-17-19-20-22-24-26-28-30-32-34-36-50-37-40(38-51-54(48,49)52-39-41(44)43(46)47)53-42(45)35-33-31-29-27-25-23-21-18-16-14-12-10-8-6-4-2/h18-21,40-41H,3-17,22-39,44H2,1-2H3,(H,46,47)(H,48,49)/b20-19-,21-18-. The number of allylic oxidation sites excluding steroid dienone is 4. The molecule has 0 saturated heterocycles. The first-order valence-corrected chi connectivity index (χ1v) is 23.4. The van der Waals surface area contributed by atoms with Crippen LogP contribution in [0.25, 0.3) is 0 Å². The summed E-state index contributed by atoms with van der Waals surface area (Å²) in [7, 11) is -4.62. The zero-order chi connectivity index (χ0) is 39.8. The number of carbonyl (C=O) groups excluding carboxylic acids is 1. The van der Waals surface area contributed by atoms with E-state index in [0.717, 1.165) is 57.8 Å². The first-order valence-electron chi connectivity index (χ1n) is 21.9. The highest BCUT2D eigenvalue weighted by atomic mass is 31.2. The summed E-state index contributed by atoms with van der Waals surface area (Å²) in [6.45, 7) is 3.86. The fourth-order valence-electron chi connectivity index (χ4n) is 6.00. The normalized spacial score (nSPS) is 14.1. The minimum absolute atomic E-state index is 0.0119. The number of esters is 1. The highest BCUT2D eigenvalue weighted by Gasteiger charge is 2.27. The summed E-state index contributed by atoms with van der Waals surface area (Å²) in [6, 6.07) is -1.47. The van der Waals surface area contributed by atoms with E-state index in [-0.39, 0.29) is 13.0 Å². The Balaban J connectivity index is 4.25. The van der Waals surface area contributed by atoms with Crippen molar-refractivity contribution < 1.29 is 42.7 Å². The lowest BCUT2D eigenvalue weighted by molar-refractivity contribution is -0.154. The summed E-state index contributed by atoms with van der Waals surface area (Å²) < 4.78 is 33.3. The first-order chi connectivity index (χ1) is 26.2. The Hall–Kier alpha value is -1.55. The third-order valence-corrected chi connectivity index (χ3v) is 10.4. The van der Waals surface area contributed by atoms with Crippen LogP contribution in [0, 0.1) is 0 Å². The lowest BCUT2D eigenvalue weighted by Gasteiger charge is -2.20. The molecule has 0 fully saturated rings. The quantitative estimate of drug-likeness (QED) is 0.0236. The van der Waals surface area contributed by atoms with Crippen molar-refractivity contribution in [2.75, 3.05) is 26.4 Å². The monoisotopic (exact) mass is 788 g/mol. The van der Waals surface area contributed by atoms with E-state index >= 15 is 0 Å². The van der Waals surface area contributed by atoms with E-state index in [1.54, 1.807) is 0 Å². The zero-order valence-electron chi connectivity index (χ0n) is 34.6. The molecule has 54 heavy (non-hydrogen) atoms. The molecular formula is C43H82NO9P. The van der Waals surface area contributed by atoms with Gasteiger partial charge in [-0.2, -0.15) is 0 Å². The van der Waals surface area contributed by atoms with E-state index < -0.39 is 45.1 Å². The lowest BCUT2D eigenvalue weighted by atomic mass is 10.1. The molecule has 0 bridgehead atoms. The van der Waals surface area contributed by atoms with Gasteiger partial charge in [0.15, 0.2) is 0 Å². The number of carboxylic acid groups (broad SMARTS) is 1. The van der Waals surface area contributed by atoms with Gasteiger partial charge in [0.25, 0.3) is 0 Å². The van der Waals surface area contributed by atoms with E-state index in [0.29, 0.717) is 13.0 Å². The molecule has 318 valence electrons. The van der Waals surface area contributed by atoms with Crippen molar-refractivity contribution in [2.45, 2.75) is 212 Å². The largest absolute Gasteiger partial charge is 0.480 e. The number of aliphatic carboxylic acids is 1. The van der Waals surface area contributed by atoms with Gasteiger partial charge in [0.1, 0.15) is 12.1 Å². The smallest absolute Gasteiger partial charge is 0.472 e. The molecule has 0 radical (unpaired) electrons. The van der Waals surface area contributed by atoms with Gasteiger partial charge in [0.2, 0.25) is 0 Å². The van der Waals surface area contributed by atoms with Crippen LogP contribution in [0.5, 0.6) is 0 Å². The summed E-state index contributed by atoms with van der Waals surface area (Å²) >= 11 is 0. The average Bonchev–Trinajstić information content (AvgIpc) is 3.15. The number of hydrogen-bond donors (Lipinski definition) is 3. The Labute approximate surface area is 330 Å². The van der Waals surface area contributed by atoms with Crippen LogP contribution in [0.1, 0.15) is 200 Å². The number of phosphoric acid groups is 1. The number of hydrogen-bond acceptors (Lipinski definition) is 8. The van der Waals surface area contributed by atoms with Gasteiger partial charge in [-0.25, -0.2) is 4.57 Å². The van der Waals surface area contributed by atoms with Crippen LogP contribution in [0.4, 0.5) is 0 Å². The number of unbranched alkanes of at least 4 members (excludes halogenated alkanes) is 24. The number of carboxylic acids is 1. The van der Waals surface area contributed by atoms with Crippen LogP contribution in [0.15, 0.2) is 24.3 Å². The number of rotatable bonds is 42. The van der Waals surface area contributed by atoms with E-state index in [1.807, 2.05) is 0 Å². The zero-order valence-corrected chi connectivity index (χ0v) is 35.5. The predicted octanol–water partition coefficient (Wildman–Crippen LogP) is 11.9. The lowest BCUT2D eigenvalue weighted by Crippen LogP contribution is -2.34. The van der Waals surface area contributed by atoms with Crippen LogP contribution in [-0.2, 0) is 32.7 Å². The van der Waals surface area contributed by atoms with Gasteiger partial charge in [-0.15, -0.1) is 0 Å². The minimum atomic E-state index is -4.62. The maximum absolute atomic E-state index is 12.6. The van der Waals surface area contributed by atoms with E-state index in [2.05, 4.69) is 38.2 Å². The third-order valence-electron chi connectivity index (χ3n) is 9.45. The van der Waals surface area contributed by atoms with Crippen LogP contribution >= 0.6 is 7.82 Å². The number of carbonyl (C=O) groups is 2. The Bertz CT molecular complexity index is 961. The van der Waals surface area contributed by atoms with Gasteiger partial charge in [-0.3, -0.25) is 18.6 Å². The van der Waals surface area contributed by atoms with Crippen molar-refractivity contribution >= 4 is 19.8 Å². The summed E-state index contributed by atoms with van der Waals surface area (Å²) in [5.74, 6) is -1.79. The Morgan fingerprint density at radius 3 is 1.41 bits per heavy atom. The number of nitrogens with two attached hydrogens (primary N) is 1. The first kappa shape index (κ1) is 52.5. The highest BCUT2D eigenvalue weighted by Crippen LogP contribution is 2.43. The summed E-state index contributed by atoms with van der Waals surface area (Å²) in [6.07, 6.45) is 42.2. The second-order valence-corrected chi connectivity index (χ2v) is 16.3. The molecule has 0 spiro atoms. The molecule has 0 aliphatic rings. The molecule has 4 N–H and O–H groups in total. The van der Waals surface area contributed by atoms with E-state index in [9.17, 15) is 19.0 Å². The fraction of sp³-hybridized carbons (Fsp3) is 0.860. The van der Waals surface area contributed by atoms with Gasteiger partial charge < -0.3 is 25.2 Å². The van der Waals surface area contributed by atoms with E-state index in [4.69, 9.17) is 29.4 Å². The van der Waals surface area contributed by atoms with Crippen LogP contribution < -0.4 is 5.73 Å². The van der Waals surface area contributed by atoms with Crippen molar-refractivity contribution in [3.05, 3.63) is 24.3 Å². The Morgan fingerprint density at radius 1 is 0.574 bits per heavy atom. The molecule has 11 heteroatoms. The summed E-state index contributed by atoms with van der Waals surface area (Å²) in [5, 5.41) is 8.89. The fourth-order valence-corrected chi connectivity index (χ4v) is 6.78. The van der Waals surface area contributed by atoms with Crippen molar-refractivity contribution in [3.8, 4) is 0 Å². The molecule has 10 nitrogen and oxygen atoms in total. The molecule has 0 aliphatic carbocycles. The number of phosphoric ester groups is 1. The molecule has 0 aromatic heterocycles. The molecule has 3 atom stereocenters. The highest BCUT2D eigenvalue weighted by molar-refractivity contribution is 7.47. The minimum Gasteiger partial charge on any atom is -0.480 e. The molecule has 0 heterocycles.